The van der Waals surface area contributed by atoms with Crippen molar-refractivity contribution in [2.75, 3.05) is 20.2 Å². The van der Waals surface area contributed by atoms with Gasteiger partial charge in [-0.25, -0.2) is 4.98 Å². The van der Waals surface area contributed by atoms with Crippen molar-refractivity contribution in [1.82, 2.24) is 14.9 Å². The van der Waals surface area contributed by atoms with Crippen LogP contribution in [-0.4, -0.2) is 47.0 Å². The lowest BCUT2D eigenvalue weighted by Gasteiger charge is -2.20. The van der Waals surface area contributed by atoms with Gasteiger partial charge in [-0.05, 0) is 44.1 Å². The van der Waals surface area contributed by atoms with Gasteiger partial charge in [-0.3, -0.25) is 4.79 Å². The van der Waals surface area contributed by atoms with Gasteiger partial charge >= 0.3 is 0 Å². The lowest BCUT2D eigenvalue weighted by molar-refractivity contribution is 0.100. The van der Waals surface area contributed by atoms with E-state index in [4.69, 9.17) is 10.5 Å². The summed E-state index contributed by atoms with van der Waals surface area (Å²) in [5, 5.41) is 0.605. The second-order valence-electron chi connectivity index (χ2n) is 6.68. The van der Waals surface area contributed by atoms with Gasteiger partial charge in [0.2, 0.25) is 5.91 Å². The number of nitrogens with one attached hydrogen (secondary N) is 1. The van der Waals surface area contributed by atoms with Crippen LogP contribution < -0.4 is 10.5 Å². The number of aromatic amines is 1. The largest absolute Gasteiger partial charge is 0.492 e. The van der Waals surface area contributed by atoms with Gasteiger partial charge < -0.3 is 20.4 Å². The van der Waals surface area contributed by atoms with Crippen molar-refractivity contribution in [1.29, 1.82) is 0 Å². The van der Waals surface area contributed by atoms with Crippen molar-refractivity contribution in [2.24, 2.45) is 5.73 Å². The smallest absolute Gasteiger partial charge is 0.250 e. The van der Waals surface area contributed by atoms with Crippen molar-refractivity contribution >= 4 is 16.9 Å². The third-order valence-electron chi connectivity index (χ3n) is 5.01. The van der Waals surface area contributed by atoms with Crippen LogP contribution in [0.1, 0.15) is 23.2 Å². The third-order valence-corrected chi connectivity index (χ3v) is 5.01. The van der Waals surface area contributed by atoms with Gasteiger partial charge in [0.05, 0.1) is 5.56 Å². The highest BCUT2D eigenvalue weighted by atomic mass is 16.5. The number of fused-ring (bicyclic) bond motifs is 1. The van der Waals surface area contributed by atoms with Gasteiger partial charge in [-0.1, -0.05) is 12.1 Å². The van der Waals surface area contributed by atoms with Crippen molar-refractivity contribution in [3.05, 3.63) is 48.3 Å². The van der Waals surface area contributed by atoms with Crippen LogP contribution >= 0.6 is 0 Å². The van der Waals surface area contributed by atoms with Crippen LogP contribution in [0.15, 0.2) is 36.7 Å². The van der Waals surface area contributed by atoms with Gasteiger partial charge in [0.1, 0.15) is 18.0 Å². The second-order valence-corrected chi connectivity index (χ2v) is 6.68. The first-order valence-corrected chi connectivity index (χ1v) is 8.74. The van der Waals surface area contributed by atoms with Crippen LogP contribution in [0.25, 0.3) is 22.2 Å². The maximum absolute atomic E-state index is 12.1. The summed E-state index contributed by atoms with van der Waals surface area (Å²) in [5.74, 6) is 0.276. The van der Waals surface area contributed by atoms with E-state index in [1.165, 1.54) is 6.42 Å². The molecule has 1 atom stereocenters. The topological polar surface area (TPSA) is 84.2 Å². The van der Waals surface area contributed by atoms with Crippen molar-refractivity contribution in [3.63, 3.8) is 0 Å². The Morgan fingerprint density at radius 1 is 1.50 bits per heavy atom. The molecule has 133 valence electrons. The molecule has 0 bridgehead atoms. The molecule has 3 N–H and O–H groups in total. The third kappa shape index (κ3) is 3.04. The first-order valence-electron chi connectivity index (χ1n) is 8.74. The van der Waals surface area contributed by atoms with Crippen LogP contribution in [0, 0.1) is 6.07 Å². The number of primary amides is 1. The molecule has 6 nitrogen and oxygen atoms in total. The second kappa shape index (κ2) is 6.80. The molecular weight excluding hydrogens is 328 g/mol. The van der Waals surface area contributed by atoms with E-state index >= 15 is 0 Å². The standard InChI is InChI=1S/C20H21N4O2/c1-24-9-3-5-14(24)12-26-15-6-2-4-13(10-15)17-11-23-20-16(7-8-22-20)18(17)19(21)25/h2,4,6,8,10-11,14H,3,5,9,12H2,1H3,(H2,21,25)(H,22,23)/t14-/m0/s1. The fraction of sp³-hybridized carbons (Fsp3) is 0.300. The fourth-order valence-corrected chi connectivity index (χ4v) is 3.55. The molecule has 1 aliphatic heterocycles. The minimum absolute atomic E-state index is 0.420. The molecule has 1 radical (unpaired) electrons. The Morgan fingerprint density at radius 3 is 3.15 bits per heavy atom. The Balaban J connectivity index is 1.65. The van der Waals surface area contributed by atoms with E-state index in [0.717, 1.165) is 24.3 Å². The summed E-state index contributed by atoms with van der Waals surface area (Å²) < 4.78 is 6.00. The molecule has 1 saturated heterocycles. The number of pyridine rings is 1. The molecule has 26 heavy (non-hydrogen) atoms. The SMILES string of the molecule is CN1CCC[C@H]1COc1cccc(-c2cnc3[nH]c[c]c3c2C(N)=O)c1. The molecule has 4 rings (SSSR count). The Morgan fingerprint density at radius 2 is 2.38 bits per heavy atom. The van der Waals surface area contributed by atoms with Crippen LogP contribution in [0.3, 0.4) is 0 Å². The molecule has 1 aliphatic rings. The highest BCUT2D eigenvalue weighted by molar-refractivity contribution is 6.10. The van der Waals surface area contributed by atoms with E-state index < -0.39 is 5.91 Å². The number of likely N-dealkylation sites (tertiary alicyclic amines) is 1. The minimum Gasteiger partial charge on any atom is -0.492 e. The summed E-state index contributed by atoms with van der Waals surface area (Å²) in [6.45, 7) is 1.78. The highest BCUT2D eigenvalue weighted by Gasteiger charge is 2.21. The number of ether oxygens (including phenoxy) is 1. The number of benzene rings is 1. The molecule has 0 aliphatic carbocycles. The normalized spacial score (nSPS) is 17.7. The summed E-state index contributed by atoms with van der Waals surface area (Å²) in [7, 11) is 2.13. The van der Waals surface area contributed by atoms with E-state index in [-0.39, 0.29) is 0 Å². The Bertz CT molecular complexity index is 950. The molecule has 1 fully saturated rings. The quantitative estimate of drug-likeness (QED) is 0.741. The molecule has 3 aromatic rings. The summed E-state index contributed by atoms with van der Waals surface area (Å²) >= 11 is 0. The average Bonchev–Trinajstić information content (AvgIpc) is 3.27. The van der Waals surface area contributed by atoms with Gasteiger partial charge in [-0.2, -0.15) is 0 Å². The number of hydrogen-bond acceptors (Lipinski definition) is 4. The lowest BCUT2D eigenvalue weighted by Crippen LogP contribution is -2.30. The Kier molecular flexibility index (Phi) is 4.34. The Labute approximate surface area is 152 Å². The number of nitrogens with two attached hydrogens (primary N) is 1. The summed E-state index contributed by atoms with van der Waals surface area (Å²) in [4.78, 5) is 21.7. The van der Waals surface area contributed by atoms with Gasteiger partial charge in [0.25, 0.3) is 0 Å². The molecule has 1 amide bonds. The van der Waals surface area contributed by atoms with E-state index in [1.807, 2.05) is 24.3 Å². The number of hydrogen-bond donors (Lipinski definition) is 2. The molecule has 6 heteroatoms. The maximum atomic E-state index is 12.1. The molecule has 0 spiro atoms. The van der Waals surface area contributed by atoms with Crippen LogP contribution in [0.4, 0.5) is 0 Å². The number of carbonyl (C=O) groups is 1. The molecule has 0 saturated carbocycles. The zero-order chi connectivity index (χ0) is 18.1. The van der Waals surface area contributed by atoms with E-state index in [1.54, 1.807) is 12.4 Å². The van der Waals surface area contributed by atoms with E-state index in [2.05, 4.69) is 28.0 Å². The van der Waals surface area contributed by atoms with Gasteiger partial charge in [0, 0.05) is 35.5 Å². The minimum atomic E-state index is -0.498. The summed E-state index contributed by atoms with van der Waals surface area (Å²) in [6, 6.07) is 11.2. The first kappa shape index (κ1) is 16.6. The molecule has 1 aromatic carbocycles. The van der Waals surface area contributed by atoms with Crippen molar-refractivity contribution in [3.8, 4) is 16.9 Å². The van der Waals surface area contributed by atoms with E-state index in [0.29, 0.717) is 34.8 Å². The predicted octanol–water partition coefficient (Wildman–Crippen LogP) is 2.60. The number of likely N-dealkylation sites (N-methyl/N-ethyl adjacent to an activating group) is 1. The number of nitrogens with zero attached hydrogens (tertiary/aromatic N) is 2. The first-order chi connectivity index (χ1) is 12.6. The number of carbonyl (C=O) groups excluding carboxylic acids is 1. The number of aromatic nitrogens is 2. The summed E-state index contributed by atoms with van der Waals surface area (Å²) in [5.41, 5.74) is 8.18. The van der Waals surface area contributed by atoms with Crippen LogP contribution in [0.5, 0.6) is 5.75 Å². The zero-order valence-corrected chi connectivity index (χ0v) is 14.7. The number of rotatable bonds is 5. The van der Waals surface area contributed by atoms with Gasteiger partial charge in [-0.15, -0.1) is 0 Å². The van der Waals surface area contributed by atoms with Gasteiger partial charge in [0.15, 0.2) is 0 Å². The van der Waals surface area contributed by atoms with Crippen LogP contribution in [-0.2, 0) is 0 Å². The monoisotopic (exact) mass is 349 g/mol. The molecule has 0 unspecified atom stereocenters. The number of amides is 1. The van der Waals surface area contributed by atoms with Crippen molar-refractivity contribution < 1.29 is 9.53 Å². The summed E-state index contributed by atoms with van der Waals surface area (Å²) in [6.07, 6.45) is 5.67. The van der Waals surface area contributed by atoms with Crippen molar-refractivity contribution in [2.45, 2.75) is 18.9 Å². The predicted molar refractivity (Wildman–Crippen MR) is 100 cm³/mol. The molecular formula is C20H21N4O2. The fourth-order valence-electron chi connectivity index (χ4n) is 3.55. The lowest BCUT2D eigenvalue weighted by atomic mass is 9.99. The molecule has 3 heterocycles. The Hall–Kier alpha value is -2.86. The zero-order valence-electron chi connectivity index (χ0n) is 14.7. The highest BCUT2D eigenvalue weighted by Crippen LogP contribution is 2.30. The average molecular weight is 349 g/mol. The molecule has 2 aromatic heterocycles. The number of H-pyrrole nitrogens is 1. The van der Waals surface area contributed by atoms with Crippen LogP contribution in [0.2, 0.25) is 0 Å². The maximum Gasteiger partial charge on any atom is 0.250 e. The van der Waals surface area contributed by atoms with E-state index in [9.17, 15) is 4.79 Å².